The minimum Gasteiger partial charge on any atom is -0.496 e. The summed E-state index contributed by atoms with van der Waals surface area (Å²) in [6.07, 6.45) is 0. The van der Waals surface area contributed by atoms with Crippen LogP contribution in [0.2, 0.25) is 0 Å². The fourth-order valence-electron chi connectivity index (χ4n) is 1.24. The van der Waals surface area contributed by atoms with Crippen LogP contribution in [0.4, 0.5) is 0 Å². The molecule has 3 heteroatoms. The Kier molecular flexibility index (Phi) is 3.09. The van der Waals surface area contributed by atoms with Gasteiger partial charge >= 0.3 is 0 Å². The van der Waals surface area contributed by atoms with E-state index in [1.807, 2.05) is 19.1 Å². The summed E-state index contributed by atoms with van der Waals surface area (Å²) in [5, 5.41) is 0. The molecule has 0 radical (unpaired) electrons. The zero-order valence-electron chi connectivity index (χ0n) is 7.85. The topological polar surface area (TPSA) is 26.3 Å². The third-order valence-electron chi connectivity index (χ3n) is 1.89. The smallest absolute Gasteiger partial charge is 0.161 e. The molecule has 0 bridgehead atoms. The van der Waals surface area contributed by atoms with Crippen molar-refractivity contribution in [2.45, 2.75) is 13.8 Å². The van der Waals surface area contributed by atoms with Gasteiger partial charge in [-0.2, -0.15) is 0 Å². The molecule has 0 N–H and O–H groups in total. The zero-order chi connectivity index (χ0) is 10.0. The molecule has 0 atom stereocenters. The number of methoxy groups -OCH3 is 1. The number of halogens is 1. The first-order valence-electron chi connectivity index (χ1n) is 3.92. The number of ether oxygens (including phenoxy) is 1. The molecule has 0 saturated carbocycles. The lowest BCUT2D eigenvalue weighted by atomic mass is 10.1. The van der Waals surface area contributed by atoms with E-state index >= 15 is 0 Å². The Hall–Kier alpha value is -0.830. The van der Waals surface area contributed by atoms with Crippen LogP contribution in [0.5, 0.6) is 5.75 Å². The molecule has 0 amide bonds. The summed E-state index contributed by atoms with van der Waals surface area (Å²) in [6, 6.07) is 3.71. The van der Waals surface area contributed by atoms with E-state index in [4.69, 9.17) is 4.74 Å². The van der Waals surface area contributed by atoms with E-state index in [1.165, 1.54) is 0 Å². The van der Waals surface area contributed by atoms with Gasteiger partial charge in [-0.3, -0.25) is 4.79 Å². The quantitative estimate of drug-likeness (QED) is 0.746. The maximum absolute atomic E-state index is 11.3. The monoisotopic (exact) mass is 242 g/mol. The predicted octanol–water partition coefficient (Wildman–Crippen LogP) is 2.97. The minimum absolute atomic E-state index is 0.0447. The molecule has 0 saturated heterocycles. The third-order valence-corrected chi connectivity index (χ3v) is 2.67. The van der Waals surface area contributed by atoms with Gasteiger partial charge in [-0.15, -0.1) is 0 Å². The fraction of sp³-hybridized carbons (Fsp3) is 0.300. The molecule has 70 valence electrons. The van der Waals surface area contributed by atoms with Gasteiger partial charge < -0.3 is 4.74 Å². The number of carbonyl (C=O) groups is 1. The van der Waals surface area contributed by atoms with Crippen LogP contribution in [-0.2, 0) is 0 Å². The maximum Gasteiger partial charge on any atom is 0.161 e. The first-order valence-corrected chi connectivity index (χ1v) is 4.71. The maximum atomic E-state index is 11.3. The van der Waals surface area contributed by atoms with Crippen molar-refractivity contribution in [2.24, 2.45) is 0 Å². The largest absolute Gasteiger partial charge is 0.496 e. The lowest BCUT2D eigenvalue weighted by Gasteiger charge is -2.09. The fourth-order valence-corrected chi connectivity index (χ4v) is 2.13. The normalized spacial score (nSPS) is 9.85. The number of benzene rings is 1. The second-order valence-corrected chi connectivity index (χ2v) is 3.62. The standard InChI is InChI=1S/C10H11BrO2/c1-6-4-5-8(13-3)10(11)9(6)7(2)12/h4-5H,1-3H3. The molecule has 0 aliphatic carbocycles. The second-order valence-electron chi connectivity index (χ2n) is 2.83. The number of rotatable bonds is 2. The van der Waals surface area contributed by atoms with E-state index < -0.39 is 0 Å². The number of carbonyl (C=O) groups excluding carboxylic acids is 1. The van der Waals surface area contributed by atoms with E-state index in [0.717, 1.165) is 10.0 Å². The molecule has 1 aromatic rings. The predicted molar refractivity (Wildman–Crippen MR) is 55.4 cm³/mol. The van der Waals surface area contributed by atoms with Gasteiger partial charge in [0.25, 0.3) is 0 Å². The first-order chi connectivity index (χ1) is 6.07. The molecule has 2 nitrogen and oxygen atoms in total. The Morgan fingerprint density at radius 1 is 1.46 bits per heavy atom. The van der Waals surface area contributed by atoms with Crippen molar-refractivity contribution in [3.8, 4) is 5.75 Å². The number of hydrogen-bond acceptors (Lipinski definition) is 2. The van der Waals surface area contributed by atoms with Gasteiger partial charge in [-0.25, -0.2) is 0 Å². The summed E-state index contributed by atoms with van der Waals surface area (Å²) in [5.41, 5.74) is 1.65. The lowest BCUT2D eigenvalue weighted by molar-refractivity contribution is 0.101. The first kappa shape index (κ1) is 10.3. The Morgan fingerprint density at radius 2 is 2.08 bits per heavy atom. The van der Waals surface area contributed by atoms with Crippen LogP contribution in [0, 0.1) is 6.92 Å². The number of ketones is 1. The highest BCUT2D eigenvalue weighted by Crippen LogP contribution is 2.30. The van der Waals surface area contributed by atoms with Crippen molar-refractivity contribution < 1.29 is 9.53 Å². The highest BCUT2D eigenvalue weighted by Gasteiger charge is 2.12. The Bertz CT molecular complexity index is 345. The minimum atomic E-state index is 0.0447. The molecule has 0 aliphatic heterocycles. The van der Waals surface area contributed by atoms with Crippen LogP contribution < -0.4 is 4.74 Å². The summed E-state index contributed by atoms with van der Waals surface area (Å²) >= 11 is 3.35. The zero-order valence-corrected chi connectivity index (χ0v) is 9.44. The van der Waals surface area contributed by atoms with Crippen LogP contribution in [0.15, 0.2) is 16.6 Å². The van der Waals surface area contributed by atoms with Gasteiger partial charge in [0, 0.05) is 5.56 Å². The van der Waals surface area contributed by atoms with E-state index in [0.29, 0.717) is 11.3 Å². The molecule has 0 heterocycles. The van der Waals surface area contributed by atoms with Gasteiger partial charge in [0.05, 0.1) is 11.6 Å². The highest BCUT2D eigenvalue weighted by atomic mass is 79.9. The van der Waals surface area contributed by atoms with Gasteiger partial charge in [-0.1, -0.05) is 6.07 Å². The van der Waals surface area contributed by atoms with Crippen LogP contribution in [0.3, 0.4) is 0 Å². The SMILES string of the molecule is COc1ccc(C)c(C(C)=O)c1Br. The van der Waals surface area contributed by atoms with Gasteiger partial charge in [-0.05, 0) is 41.4 Å². The molecule has 0 fully saturated rings. The van der Waals surface area contributed by atoms with Crippen LogP contribution >= 0.6 is 15.9 Å². The van der Waals surface area contributed by atoms with Crippen molar-refractivity contribution in [3.05, 3.63) is 27.7 Å². The second kappa shape index (κ2) is 3.92. The van der Waals surface area contributed by atoms with Crippen molar-refractivity contribution >= 4 is 21.7 Å². The van der Waals surface area contributed by atoms with Crippen molar-refractivity contribution in [1.29, 1.82) is 0 Å². The highest BCUT2D eigenvalue weighted by molar-refractivity contribution is 9.10. The van der Waals surface area contributed by atoms with E-state index in [9.17, 15) is 4.79 Å². The molecular weight excluding hydrogens is 232 g/mol. The lowest BCUT2D eigenvalue weighted by Crippen LogP contribution is -1.99. The molecule has 0 unspecified atom stereocenters. The molecule has 0 spiro atoms. The Labute approximate surface area is 86.0 Å². The number of Topliss-reactive ketones (excluding diaryl/α,β-unsaturated/α-hetero) is 1. The third kappa shape index (κ3) is 1.91. The van der Waals surface area contributed by atoms with Crippen molar-refractivity contribution in [1.82, 2.24) is 0 Å². The average molecular weight is 243 g/mol. The molecule has 0 aliphatic rings. The van der Waals surface area contributed by atoms with Crippen LogP contribution in [0.25, 0.3) is 0 Å². The Morgan fingerprint density at radius 3 is 2.54 bits per heavy atom. The summed E-state index contributed by atoms with van der Waals surface area (Å²) in [4.78, 5) is 11.3. The van der Waals surface area contributed by atoms with Crippen molar-refractivity contribution in [3.63, 3.8) is 0 Å². The molecule has 1 aromatic carbocycles. The average Bonchev–Trinajstić information content (AvgIpc) is 2.04. The summed E-state index contributed by atoms with van der Waals surface area (Å²) in [5.74, 6) is 0.735. The summed E-state index contributed by atoms with van der Waals surface area (Å²) < 4.78 is 5.83. The van der Waals surface area contributed by atoms with Crippen LogP contribution in [-0.4, -0.2) is 12.9 Å². The van der Waals surface area contributed by atoms with Crippen LogP contribution in [0.1, 0.15) is 22.8 Å². The van der Waals surface area contributed by atoms with Gasteiger partial charge in [0.1, 0.15) is 5.75 Å². The molecule has 1 rings (SSSR count). The van der Waals surface area contributed by atoms with Crippen molar-refractivity contribution in [2.75, 3.05) is 7.11 Å². The van der Waals surface area contributed by atoms with Gasteiger partial charge in [0.2, 0.25) is 0 Å². The Balaban J connectivity index is 3.38. The van der Waals surface area contributed by atoms with E-state index in [1.54, 1.807) is 14.0 Å². The molecule has 13 heavy (non-hydrogen) atoms. The molecular formula is C10H11BrO2. The van der Waals surface area contributed by atoms with E-state index in [-0.39, 0.29) is 5.78 Å². The number of hydrogen-bond donors (Lipinski definition) is 0. The van der Waals surface area contributed by atoms with Gasteiger partial charge in [0.15, 0.2) is 5.78 Å². The summed E-state index contributed by atoms with van der Waals surface area (Å²) in [7, 11) is 1.58. The summed E-state index contributed by atoms with van der Waals surface area (Å²) in [6.45, 7) is 3.45. The molecule has 0 aromatic heterocycles. The number of aryl methyl sites for hydroxylation is 1. The van der Waals surface area contributed by atoms with E-state index in [2.05, 4.69) is 15.9 Å².